The van der Waals surface area contributed by atoms with E-state index in [-0.39, 0.29) is 13.1 Å². The van der Waals surface area contributed by atoms with Gasteiger partial charge in [-0.05, 0) is 32.9 Å². The van der Waals surface area contributed by atoms with Crippen molar-refractivity contribution in [3.8, 4) is 0 Å². The minimum atomic E-state index is -4.71. The van der Waals surface area contributed by atoms with Gasteiger partial charge < -0.3 is 10.1 Å². The highest BCUT2D eigenvalue weighted by atomic mass is 32.2. The third-order valence-corrected chi connectivity index (χ3v) is 4.04. The lowest BCUT2D eigenvalue weighted by molar-refractivity contribution is -0.137. The molecule has 1 N–H and O–H groups in total. The number of alkyl halides is 3. The van der Waals surface area contributed by atoms with Gasteiger partial charge in [0.2, 0.25) is 10.0 Å². The Morgan fingerprint density at radius 1 is 1.20 bits per heavy atom. The smallest absolute Gasteiger partial charge is 0.418 e. The Kier molecular flexibility index (Phi) is 6.33. The summed E-state index contributed by atoms with van der Waals surface area (Å²) < 4.78 is 68.8. The molecule has 0 spiro atoms. The van der Waals surface area contributed by atoms with E-state index in [9.17, 15) is 26.4 Å². The number of carbonyl (C=O) groups is 1. The van der Waals surface area contributed by atoms with Gasteiger partial charge in [0.1, 0.15) is 5.60 Å². The molecule has 0 heterocycles. The molecule has 0 bridgehead atoms. The van der Waals surface area contributed by atoms with Crippen LogP contribution in [-0.4, -0.2) is 39.5 Å². The fourth-order valence-corrected chi connectivity index (χ4v) is 2.91. The average Bonchev–Trinajstić information content (AvgIpc) is 2.39. The van der Waals surface area contributed by atoms with E-state index >= 15 is 0 Å². The Balaban J connectivity index is 2.98. The minimum absolute atomic E-state index is 0.214. The van der Waals surface area contributed by atoms with Crippen molar-refractivity contribution in [2.24, 2.45) is 0 Å². The molecule has 0 fully saturated rings. The maximum absolute atomic E-state index is 13.1. The number of carbonyl (C=O) groups excluding carboxylic acids is 1. The second-order valence-electron chi connectivity index (χ2n) is 6.28. The van der Waals surface area contributed by atoms with Gasteiger partial charge in [0, 0.05) is 6.54 Å². The van der Waals surface area contributed by atoms with Crippen molar-refractivity contribution in [2.45, 2.75) is 32.5 Å². The van der Waals surface area contributed by atoms with Crippen LogP contribution in [0.2, 0.25) is 0 Å². The molecule has 25 heavy (non-hydrogen) atoms. The Labute approximate surface area is 145 Å². The summed E-state index contributed by atoms with van der Waals surface area (Å²) in [7, 11) is -3.99. The van der Waals surface area contributed by atoms with E-state index in [0.29, 0.717) is 4.31 Å². The molecule has 10 heteroatoms. The minimum Gasteiger partial charge on any atom is -0.444 e. The third kappa shape index (κ3) is 6.81. The van der Waals surface area contributed by atoms with Gasteiger partial charge >= 0.3 is 12.3 Å². The van der Waals surface area contributed by atoms with Crippen molar-refractivity contribution in [3.05, 3.63) is 29.8 Å². The molecule has 6 nitrogen and oxygen atoms in total. The van der Waals surface area contributed by atoms with Crippen molar-refractivity contribution in [2.75, 3.05) is 23.7 Å². The standard InChI is InChI=1S/C15H21F3N2O4S/c1-14(2,3)24-13(21)19-9-10-20(25(4,22)23)12-8-6-5-7-11(12)15(16,17)18/h5-8H,9-10H2,1-4H3,(H,19,21). The molecular weight excluding hydrogens is 361 g/mol. The Bertz CT molecular complexity index is 712. The number of anilines is 1. The van der Waals surface area contributed by atoms with Gasteiger partial charge in [-0.1, -0.05) is 12.1 Å². The summed E-state index contributed by atoms with van der Waals surface area (Å²) in [6, 6.07) is 4.35. The highest BCUT2D eigenvalue weighted by molar-refractivity contribution is 7.92. The summed E-state index contributed by atoms with van der Waals surface area (Å²) in [5.74, 6) is 0. The molecule has 142 valence electrons. The van der Waals surface area contributed by atoms with Crippen LogP contribution in [0.15, 0.2) is 24.3 Å². The van der Waals surface area contributed by atoms with Crippen LogP contribution in [-0.2, 0) is 20.9 Å². The molecule has 0 unspecified atom stereocenters. The molecule has 1 aromatic rings. The molecule has 0 aliphatic carbocycles. The van der Waals surface area contributed by atoms with Gasteiger partial charge in [-0.15, -0.1) is 0 Å². The van der Waals surface area contributed by atoms with Gasteiger partial charge in [0.25, 0.3) is 0 Å². The van der Waals surface area contributed by atoms with Crippen LogP contribution in [0.4, 0.5) is 23.7 Å². The van der Waals surface area contributed by atoms with Crippen LogP contribution >= 0.6 is 0 Å². The van der Waals surface area contributed by atoms with E-state index in [1.165, 1.54) is 12.1 Å². The largest absolute Gasteiger partial charge is 0.444 e. The van der Waals surface area contributed by atoms with Gasteiger partial charge in [-0.2, -0.15) is 13.2 Å². The summed E-state index contributed by atoms with van der Waals surface area (Å²) in [6.45, 7) is 4.36. The number of amides is 1. The van der Waals surface area contributed by atoms with Crippen molar-refractivity contribution in [3.63, 3.8) is 0 Å². The molecule has 0 aliphatic rings. The number of hydrogen-bond donors (Lipinski definition) is 1. The summed E-state index contributed by atoms with van der Waals surface area (Å²) in [4.78, 5) is 11.6. The molecule has 0 aromatic heterocycles. The number of alkyl carbamates (subject to hydrolysis) is 1. The predicted octanol–water partition coefficient (Wildman–Crippen LogP) is 3.00. The van der Waals surface area contributed by atoms with Crippen LogP contribution in [0, 0.1) is 0 Å². The molecule has 0 saturated heterocycles. The van der Waals surface area contributed by atoms with Gasteiger partial charge in [0.05, 0.1) is 24.1 Å². The van der Waals surface area contributed by atoms with E-state index < -0.39 is 39.1 Å². The first-order chi connectivity index (χ1) is 11.2. The highest BCUT2D eigenvalue weighted by Crippen LogP contribution is 2.37. The molecular formula is C15H21F3N2O4S. The second kappa shape index (κ2) is 7.51. The first-order valence-electron chi connectivity index (χ1n) is 7.32. The van der Waals surface area contributed by atoms with Crippen molar-refractivity contribution in [1.82, 2.24) is 5.32 Å². The number of hydrogen-bond acceptors (Lipinski definition) is 4. The fraction of sp³-hybridized carbons (Fsp3) is 0.533. The van der Waals surface area contributed by atoms with Crippen LogP contribution in [0.5, 0.6) is 0 Å². The summed E-state index contributed by atoms with van der Waals surface area (Å²) in [6.07, 6.45) is -4.70. The normalized spacial score (nSPS) is 12.6. The summed E-state index contributed by atoms with van der Waals surface area (Å²) >= 11 is 0. The monoisotopic (exact) mass is 382 g/mol. The second-order valence-corrected chi connectivity index (χ2v) is 8.19. The van der Waals surface area contributed by atoms with E-state index in [4.69, 9.17) is 4.74 Å². The highest BCUT2D eigenvalue weighted by Gasteiger charge is 2.36. The zero-order valence-electron chi connectivity index (χ0n) is 14.3. The summed E-state index contributed by atoms with van der Waals surface area (Å²) in [5.41, 5.74) is -2.31. The topological polar surface area (TPSA) is 75.7 Å². The lowest BCUT2D eigenvalue weighted by Crippen LogP contribution is -2.40. The Morgan fingerprint density at radius 3 is 2.24 bits per heavy atom. The molecule has 0 radical (unpaired) electrons. The number of ether oxygens (including phenoxy) is 1. The molecule has 0 aliphatic heterocycles. The molecule has 0 saturated carbocycles. The zero-order chi connectivity index (χ0) is 19.5. The van der Waals surface area contributed by atoms with Gasteiger partial charge in [-0.3, -0.25) is 4.31 Å². The number of rotatable bonds is 5. The van der Waals surface area contributed by atoms with Crippen LogP contribution in [0.3, 0.4) is 0 Å². The van der Waals surface area contributed by atoms with Gasteiger partial charge in [-0.25, -0.2) is 13.2 Å². The third-order valence-electron chi connectivity index (χ3n) is 2.86. The predicted molar refractivity (Wildman–Crippen MR) is 87.9 cm³/mol. The first-order valence-corrected chi connectivity index (χ1v) is 9.17. The summed E-state index contributed by atoms with van der Waals surface area (Å²) in [5, 5.41) is 2.32. The number of para-hydroxylation sites is 1. The van der Waals surface area contributed by atoms with E-state index in [1.807, 2.05) is 0 Å². The molecule has 1 amide bonds. The maximum Gasteiger partial charge on any atom is 0.418 e. The van der Waals surface area contributed by atoms with E-state index in [0.717, 1.165) is 18.4 Å². The Hall–Kier alpha value is -1.97. The van der Waals surface area contributed by atoms with Crippen LogP contribution < -0.4 is 9.62 Å². The number of sulfonamides is 1. The SMILES string of the molecule is CC(C)(C)OC(=O)NCCN(c1ccccc1C(F)(F)F)S(C)(=O)=O. The maximum atomic E-state index is 13.1. The number of nitrogens with zero attached hydrogens (tertiary/aromatic N) is 1. The van der Waals surface area contributed by atoms with E-state index in [1.54, 1.807) is 20.8 Å². The van der Waals surface area contributed by atoms with E-state index in [2.05, 4.69) is 5.32 Å². The molecule has 1 rings (SSSR count). The molecule has 0 atom stereocenters. The number of halogens is 3. The lowest BCUT2D eigenvalue weighted by atomic mass is 10.1. The molecule has 1 aromatic carbocycles. The van der Waals surface area contributed by atoms with Crippen molar-refractivity contribution in [1.29, 1.82) is 0 Å². The number of nitrogens with one attached hydrogen (secondary N) is 1. The van der Waals surface area contributed by atoms with Crippen LogP contribution in [0.1, 0.15) is 26.3 Å². The number of benzene rings is 1. The van der Waals surface area contributed by atoms with Crippen LogP contribution in [0.25, 0.3) is 0 Å². The first kappa shape index (κ1) is 21.1. The quantitative estimate of drug-likeness (QED) is 0.850. The van der Waals surface area contributed by atoms with Crippen molar-refractivity contribution >= 4 is 21.8 Å². The zero-order valence-corrected chi connectivity index (χ0v) is 15.2. The Morgan fingerprint density at radius 2 is 1.76 bits per heavy atom. The van der Waals surface area contributed by atoms with Gasteiger partial charge in [0.15, 0.2) is 0 Å². The fourth-order valence-electron chi connectivity index (χ4n) is 1.97. The van der Waals surface area contributed by atoms with Crippen molar-refractivity contribution < 1.29 is 31.1 Å². The lowest BCUT2D eigenvalue weighted by Gasteiger charge is -2.26. The average molecular weight is 382 g/mol.